The van der Waals surface area contributed by atoms with Crippen LogP contribution in [0.25, 0.3) is 0 Å². The number of halogens is 1. The highest BCUT2D eigenvalue weighted by atomic mass is 19.1. The van der Waals surface area contributed by atoms with E-state index in [1.807, 2.05) is 13.8 Å². The molecule has 108 valence electrons. The Morgan fingerprint density at radius 3 is 2.42 bits per heavy atom. The molecule has 0 bridgehead atoms. The van der Waals surface area contributed by atoms with Gasteiger partial charge in [-0.3, -0.25) is 4.98 Å². The van der Waals surface area contributed by atoms with Crippen LogP contribution < -0.4 is 5.32 Å². The molecule has 1 heterocycles. The third-order valence-corrected chi connectivity index (χ3v) is 2.63. The Bertz CT molecular complexity index is 357. The molecule has 1 aromatic rings. The van der Waals surface area contributed by atoms with Crippen LogP contribution in [0.2, 0.25) is 0 Å². The van der Waals surface area contributed by atoms with Gasteiger partial charge in [0.1, 0.15) is 5.82 Å². The van der Waals surface area contributed by atoms with Gasteiger partial charge in [0.15, 0.2) is 6.29 Å². The zero-order valence-corrected chi connectivity index (χ0v) is 11.9. The summed E-state index contributed by atoms with van der Waals surface area (Å²) in [6.07, 6.45) is 3.37. The fraction of sp³-hybridized carbons (Fsp3) is 0.643. The fourth-order valence-corrected chi connectivity index (χ4v) is 1.84. The van der Waals surface area contributed by atoms with Crippen molar-refractivity contribution < 1.29 is 13.9 Å². The molecule has 0 fully saturated rings. The quantitative estimate of drug-likeness (QED) is 0.701. The summed E-state index contributed by atoms with van der Waals surface area (Å²) >= 11 is 0. The summed E-state index contributed by atoms with van der Waals surface area (Å²) in [6, 6.07) is 1.24. The van der Waals surface area contributed by atoms with Gasteiger partial charge in [-0.05, 0) is 38.4 Å². The highest BCUT2D eigenvalue weighted by Gasteiger charge is 2.24. The Kier molecular flexibility index (Phi) is 7.55. The van der Waals surface area contributed by atoms with E-state index in [-0.39, 0.29) is 11.9 Å². The molecule has 0 radical (unpaired) electrons. The molecule has 5 heteroatoms. The second-order valence-corrected chi connectivity index (χ2v) is 4.15. The Balaban J connectivity index is 2.90. The number of pyridine rings is 1. The fourth-order valence-electron chi connectivity index (χ4n) is 1.84. The van der Waals surface area contributed by atoms with E-state index in [4.69, 9.17) is 9.47 Å². The first-order valence-corrected chi connectivity index (χ1v) is 6.79. The number of hydrogen-bond donors (Lipinski definition) is 1. The van der Waals surface area contributed by atoms with Crippen LogP contribution in [-0.2, 0) is 9.47 Å². The molecular weight excluding hydrogens is 247 g/mol. The third kappa shape index (κ3) is 5.22. The van der Waals surface area contributed by atoms with E-state index in [2.05, 4.69) is 17.2 Å². The molecular formula is C14H23FN2O2. The summed E-state index contributed by atoms with van der Waals surface area (Å²) < 4.78 is 24.5. The number of aromatic nitrogens is 1. The third-order valence-electron chi connectivity index (χ3n) is 2.63. The minimum Gasteiger partial charge on any atom is -0.351 e. The van der Waals surface area contributed by atoms with Gasteiger partial charge in [-0.2, -0.15) is 0 Å². The van der Waals surface area contributed by atoms with Crippen molar-refractivity contribution in [2.24, 2.45) is 0 Å². The predicted molar refractivity (Wildman–Crippen MR) is 72.3 cm³/mol. The standard InChI is InChI=1S/C14H23FN2O2/c1-4-7-17-13(14(18-5-2)19-6-3)11-8-12(15)10-16-9-11/h8-10,13-14,17H,4-7H2,1-3H3. The van der Waals surface area contributed by atoms with Crippen LogP contribution in [0.3, 0.4) is 0 Å². The topological polar surface area (TPSA) is 43.4 Å². The SMILES string of the molecule is CCCNC(c1cncc(F)c1)C(OCC)OCC. The van der Waals surface area contributed by atoms with E-state index in [1.165, 1.54) is 12.3 Å². The van der Waals surface area contributed by atoms with Gasteiger partial charge in [0, 0.05) is 19.4 Å². The molecule has 1 rings (SSSR count). The molecule has 0 spiro atoms. The minimum absolute atomic E-state index is 0.219. The maximum Gasteiger partial charge on any atom is 0.176 e. The summed E-state index contributed by atoms with van der Waals surface area (Å²) in [6.45, 7) is 7.77. The van der Waals surface area contributed by atoms with Crippen LogP contribution in [0.4, 0.5) is 4.39 Å². The molecule has 0 saturated carbocycles. The molecule has 19 heavy (non-hydrogen) atoms. The lowest BCUT2D eigenvalue weighted by Gasteiger charge is -2.27. The van der Waals surface area contributed by atoms with Gasteiger partial charge < -0.3 is 14.8 Å². The number of hydrogen-bond acceptors (Lipinski definition) is 4. The molecule has 0 aromatic carbocycles. The maximum absolute atomic E-state index is 13.3. The average Bonchev–Trinajstić information content (AvgIpc) is 2.40. The predicted octanol–water partition coefficient (Wildman–Crippen LogP) is 2.66. The normalized spacial score (nSPS) is 12.9. The molecule has 1 atom stereocenters. The van der Waals surface area contributed by atoms with Crippen LogP contribution >= 0.6 is 0 Å². The first-order chi connectivity index (χ1) is 9.22. The van der Waals surface area contributed by atoms with Crippen molar-refractivity contribution >= 4 is 0 Å². The van der Waals surface area contributed by atoms with Crippen LogP contribution in [0, 0.1) is 5.82 Å². The van der Waals surface area contributed by atoms with Gasteiger partial charge in [0.05, 0.1) is 12.2 Å². The molecule has 0 aliphatic rings. The lowest BCUT2D eigenvalue weighted by Crippen LogP contribution is -2.36. The average molecular weight is 270 g/mol. The van der Waals surface area contributed by atoms with Crippen LogP contribution in [-0.4, -0.2) is 31.0 Å². The number of ether oxygens (including phenoxy) is 2. The molecule has 0 amide bonds. The summed E-state index contributed by atoms with van der Waals surface area (Å²) in [5.74, 6) is -0.354. The van der Waals surface area contributed by atoms with Crippen molar-refractivity contribution in [1.82, 2.24) is 10.3 Å². The smallest absolute Gasteiger partial charge is 0.176 e. The van der Waals surface area contributed by atoms with Crippen molar-refractivity contribution in [2.45, 2.75) is 39.5 Å². The molecule has 1 unspecified atom stereocenters. The summed E-state index contributed by atoms with van der Waals surface area (Å²) in [5.41, 5.74) is 0.736. The first-order valence-electron chi connectivity index (χ1n) is 6.79. The number of nitrogens with one attached hydrogen (secondary N) is 1. The first kappa shape index (κ1) is 16.0. The van der Waals surface area contributed by atoms with Gasteiger partial charge in [0.25, 0.3) is 0 Å². The van der Waals surface area contributed by atoms with E-state index < -0.39 is 6.29 Å². The summed E-state index contributed by atoms with van der Waals surface area (Å²) in [4.78, 5) is 3.89. The van der Waals surface area contributed by atoms with Gasteiger partial charge in [0.2, 0.25) is 0 Å². The lowest BCUT2D eigenvalue weighted by molar-refractivity contribution is -0.155. The summed E-state index contributed by atoms with van der Waals surface area (Å²) in [7, 11) is 0. The maximum atomic E-state index is 13.3. The molecule has 4 nitrogen and oxygen atoms in total. The van der Waals surface area contributed by atoms with Gasteiger partial charge in [-0.25, -0.2) is 4.39 Å². The summed E-state index contributed by atoms with van der Waals surface area (Å²) in [5, 5.41) is 3.33. The Morgan fingerprint density at radius 2 is 1.89 bits per heavy atom. The van der Waals surface area contributed by atoms with E-state index in [9.17, 15) is 4.39 Å². The monoisotopic (exact) mass is 270 g/mol. The molecule has 1 N–H and O–H groups in total. The van der Waals surface area contributed by atoms with E-state index in [0.717, 1.165) is 18.5 Å². The van der Waals surface area contributed by atoms with Crippen molar-refractivity contribution in [1.29, 1.82) is 0 Å². The molecule has 0 saturated heterocycles. The van der Waals surface area contributed by atoms with E-state index in [0.29, 0.717) is 13.2 Å². The van der Waals surface area contributed by atoms with Crippen molar-refractivity contribution in [3.05, 3.63) is 29.8 Å². The molecule has 0 aliphatic carbocycles. The minimum atomic E-state index is -0.440. The number of rotatable bonds is 9. The van der Waals surface area contributed by atoms with E-state index >= 15 is 0 Å². The van der Waals surface area contributed by atoms with Crippen molar-refractivity contribution in [2.75, 3.05) is 19.8 Å². The highest BCUT2D eigenvalue weighted by molar-refractivity contribution is 5.16. The van der Waals surface area contributed by atoms with Crippen LogP contribution in [0.15, 0.2) is 18.5 Å². The van der Waals surface area contributed by atoms with Crippen LogP contribution in [0.1, 0.15) is 38.8 Å². The Hall–Kier alpha value is -1.04. The van der Waals surface area contributed by atoms with E-state index in [1.54, 1.807) is 6.20 Å². The second kappa shape index (κ2) is 8.96. The zero-order valence-electron chi connectivity index (χ0n) is 11.9. The lowest BCUT2D eigenvalue weighted by atomic mass is 10.1. The van der Waals surface area contributed by atoms with Crippen LogP contribution in [0.5, 0.6) is 0 Å². The molecule has 0 aliphatic heterocycles. The Morgan fingerprint density at radius 1 is 1.21 bits per heavy atom. The molecule has 1 aromatic heterocycles. The Labute approximate surface area is 114 Å². The second-order valence-electron chi connectivity index (χ2n) is 4.15. The largest absolute Gasteiger partial charge is 0.351 e. The van der Waals surface area contributed by atoms with Gasteiger partial charge in [-0.15, -0.1) is 0 Å². The van der Waals surface area contributed by atoms with Gasteiger partial charge in [-0.1, -0.05) is 6.92 Å². The van der Waals surface area contributed by atoms with Crippen molar-refractivity contribution in [3.63, 3.8) is 0 Å². The van der Waals surface area contributed by atoms with Crippen molar-refractivity contribution in [3.8, 4) is 0 Å². The van der Waals surface area contributed by atoms with Gasteiger partial charge >= 0.3 is 0 Å². The highest BCUT2D eigenvalue weighted by Crippen LogP contribution is 2.20. The zero-order chi connectivity index (χ0) is 14.1. The number of nitrogens with zero attached hydrogens (tertiary/aromatic N) is 1.